The molecule has 76 valence electrons. The van der Waals surface area contributed by atoms with Crippen molar-refractivity contribution in [2.45, 2.75) is 0 Å². The molecule has 0 radical (unpaired) electrons. The Morgan fingerprint density at radius 3 is 2.33 bits per heavy atom. The first-order valence-electron chi connectivity index (χ1n) is 4.41. The minimum Gasteiger partial charge on any atom is -0.508 e. The second-order valence-electron chi connectivity index (χ2n) is 3.17. The summed E-state index contributed by atoms with van der Waals surface area (Å²) < 4.78 is 13.0. The highest BCUT2D eigenvalue weighted by molar-refractivity contribution is 6.33. The van der Waals surface area contributed by atoms with Gasteiger partial charge in [0.1, 0.15) is 11.6 Å². The molecule has 0 saturated carbocycles. The number of aromatic hydroxyl groups is 1. The lowest BCUT2D eigenvalue weighted by Crippen LogP contribution is -1.81. The van der Waals surface area contributed by atoms with Crippen molar-refractivity contribution in [2.24, 2.45) is 0 Å². The van der Waals surface area contributed by atoms with Crippen LogP contribution in [-0.2, 0) is 0 Å². The molecule has 0 amide bonds. The van der Waals surface area contributed by atoms with Gasteiger partial charge >= 0.3 is 0 Å². The summed E-state index contributed by atoms with van der Waals surface area (Å²) in [6.07, 6.45) is 0. The average Bonchev–Trinajstić information content (AvgIpc) is 2.23. The monoisotopic (exact) mass is 222 g/mol. The molecule has 2 rings (SSSR count). The molecule has 0 unspecified atom stereocenters. The van der Waals surface area contributed by atoms with Crippen molar-refractivity contribution in [2.75, 3.05) is 0 Å². The van der Waals surface area contributed by atoms with Gasteiger partial charge in [-0.15, -0.1) is 0 Å². The van der Waals surface area contributed by atoms with Crippen molar-refractivity contribution in [3.8, 4) is 16.9 Å². The summed E-state index contributed by atoms with van der Waals surface area (Å²) in [6.45, 7) is 0. The van der Waals surface area contributed by atoms with Gasteiger partial charge in [-0.2, -0.15) is 0 Å². The quantitative estimate of drug-likeness (QED) is 0.777. The van der Waals surface area contributed by atoms with E-state index in [0.717, 1.165) is 5.56 Å². The van der Waals surface area contributed by atoms with E-state index in [-0.39, 0.29) is 11.6 Å². The summed E-state index contributed by atoms with van der Waals surface area (Å²) in [5.74, 6) is -0.159. The number of phenolic OH excluding ortho intramolecular Hbond substituents is 1. The second-order valence-corrected chi connectivity index (χ2v) is 3.58. The van der Waals surface area contributed by atoms with Crippen LogP contribution in [-0.4, -0.2) is 5.11 Å². The summed E-state index contributed by atoms with van der Waals surface area (Å²) in [5, 5.41) is 9.61. The summed E-state index contributed by atoms with van der Waals surface area (Å²) in [7, 11) is 0. The summed E-state index contributed by atoms with van der Waals surface area (Å²) in [6, 6.07) is 10.7. The number of phenols is 1. The Kier molecular flexibility index (Phi) is 2.60. The standard InChI is InChI=1S/C12H8ClFO/c13-12-6-3-9(14)7-11(12)8-1-4-10(15)5-2-8/h1-7,15H. The molecular weight excluding hydrogens is 215 g/mol. The van der Waals surface area contributed by atoms with Gasteiger partial charge < -0.3 is 5.11 Å². The average molecular weight is 223 g/mol. The van der Waals surface area contributed by atoms with Crippen molar-refractivity contribution >= 4 is 11.6 Å². The maximum Gasteiger partial charge on any atom is 0.123 e. The highest BCUT2D eigenvalue weighted by Crippen LogP contribution is 2.29. The van der Waals surface area contributed by atoms with E-state index in [1.807, 2.05) is 0 Å². The van der Waals surface area contributed by atoms with Crippen molar-refractivity contribution in [3.05, 3.63) is 53.3 Å². The summed E-state index contributed by atoms with van der Waals surface area (Å²) in [5.41, 5.74) is 1.40. The summed E-state index contributed by atoms with van der Waals surface area (Å²) in [4.78, 5) is 0. The highest BCUT2D eigenvalue weighted by Gasteiger charge is 2.04. The number of hydrogen-bond acceptors (Lipinski definition) is 1. The predicted octanol–water partition coefficient (Wildman–Crippen LogP) is 3.85. The molecule has 0 saturated heterocycles. The first-order valence-corrected chi connectivity index (χ1v) is 4.79. The van der Waals surface area contributed by atoms with Crippen molar-refractivity contribution in [1.82, 2.24) is 0 Å². The maximum absolute atomic E-state index is 13.0. The van der Waals surface area contributed by atoms with Crippen LogP contribution in [0.2, 0.25) is 5.02 Å². The minimum absolute atomic E-state index is 0.172. The fourth-order valence-corrected chi connectivity index (χ4v) is 1.59. The van der Waals surface area contributed by atoms with Gasteiger partial charge in [0.25, 0.3) is 0 Å². The smallest absolute Gasteiger partial charge is 0.123 e. The Hall–Kier alpha value is -1.54. The summed E-state index contributed by atoms with van der Waals surface area (Å²) >= 11 is 5.94. The number of benzene rings is 2. The number of rotatable bonds is 1. The molecule has 0 heterocycles. The van der Waals surface area contributed by atoms with Crippen LogP contribution in [0.4, 0.5) is 4.39 Å². The van der Waals surface area contributed by atoms with Crippen molar-refractivity contribution < 1.29 is 9.50 Å². The molecule has 0 aliphatic carbocycles. The lowest BCUT2D eigenvalue weighted by Gasteiger charge is -2.04. The molecule has 0 fully saturated rings. The van der Waals surface area contributed by atoms with E-state index in [1.54, 1.807) is 12.1 Å². The van der Waals surface area contributed by atoms with Gasteiger partial charge in [0.15, 0.2) is 0 Å². The maximum atomic E-state index is 13.0. The molecule has 0 aliphatic rings. The Morgan fingerprint density at radius 2 is 1.67 bits per heavy atom. The molecule has 0 spiro atoms. The Bertz CT molecular complexity index is 479. The van der Waals surface area contributed by atoms with Crippen LogP contribution in [0.15, 0.2) is 42.5 Å². The van der Waals surface area contributed by atoms with Gasteiger partial charge in [0, 0.05) is 10.6 Å². The Morgan fingerprint density at radius 1 is 1.00 bits per heavy atom. The van der Waals surface area contributed by atoms with Crippen LogP contribution in [0.1, 0.15) is 0 Å². The second kappa shape index (κ2) is 3.91. The van der Waals surface area contributed by atoms with Crippen LogP contribution in [0, 0.1) is 5.82 Å². The number of halogens is 2. The third kappa shape index (κ3) is 2.10. The van der Waals surface area contributed by atoms with Gasteiger partial charge in [-0.3, -0.25) is 0 Å². The fourth-order valence-electron chi connectivity index (χ4n) is 1.36. The van der Waals surface area contributed by atoms with Crippen LogP contribution in [0.5, 0.6) is 5.75 Å². The van der Waals surface area contributed by atoms with Gasteiger partial charge in [0.2, 0.25) is 0 Å². The van der Waals surface area contributed by atoms with E-state index in [9.17, 15) is 4.39 Å². The first-order chi connectivity index (χ1) is 7.16. The van der Waals surface area contributed by atoms with Gasteiger partial charge in [0.05, 0.1) is 0 Å². The van der Waals surface area contributed by atoms with E-state index < -0.39 is 0 Å². The van der Waals surface area contributed by atoms with Gasteiger partial charge in [-0.05, 0) is 35.9 Å². The minimum atomic E-state index is -0.331. The molecule has 1 N–H and O–H groups in total. The van der Waals surface area contributed by atoms with Crippen LogP contribution < -0.4 is 0 Å². The van der Waals surface area contributed by atoms with Gasteiger partial charge in [-0.1, -0.05) is 23.7 Å². The predicted molar refractivity (Wildman–Crippen MR) is 58.5 cm³/mol. The fraction of sp³-hybridized carbons (Fsp3) is 0. The van der Waals surface area contributed by atoms with E-state index in [2.05, 4.69) is 0 Å². The lowest BCUT2D eigenvalue weighted by atomic mass is 10.1. The Balaban J connectivity index is 2.53. The molecule has 0 bridgehead atoms. The van der Waals surface area contributed by atoms with E-state index in [4.69, 9.17) is 16.7 Å². The third-order valence-electron chi connectivity index (χ3n) is 2.11. The van der Waals surface area contributed by atoms with Crippen molar-refractivity contribution in [1.29, 1.82) is 0 Å². The molecule has 1 nitrogen and oxygen atoms in total. The molecule has 0 aromatic heterocycles. The highest BCUT2D eigenvalue weighted by atomic mass is 35.5. The van der Waals surface area contributed by atoms with Crippen LogP contribution >= 0.6 is 11.6 Å². The first kappa shape index (κ1) is 9.99. The zero-order valence-electron chi connectivity index (χ0n) is 7.74. The van der Waals surface area contributed by atoms with Crippen LogP contribution in [0.3, 0.4) is 0 Å². The molecule has 3 heteroatoms. The largest absolute Gasteiger partial charge is 0.508 e. The number of hydrogen-bond donors (Lipinski definition) is 1. The molecule has 0 aliphatic heterocycles. The van der Waals surface area contributed by atoms with E-state index >= 15 is 0 Å². The normalized spacial score (nSPS) is 10.3. The Labute approximate surface area is 91.8 Å². The molecule has 0 atom stereocenters. The molecule has 15 heavy (non-hydrogen) atoms. The lowest BCUT2D eigenvalue weighted by molar-refractivity contribution is 0.475. The SMILES string of the molecule is Oc1ccc(-c2cc(F)ccc2Cl)cc1. The van der Waals surface area contributed by atoms with Crippen LogP contribution in [0.25, 0.3) is 11.1 Å². The van der Waals surface area contributed by atoms with E-state index in [1.165, 1.54) is 30.3 Å². The van der Waals surface area contributed by atoms with Crippen molar-refractivity contribution in [3.63, 3.8) is 0 Å². The zero-order valence-corrected chi connectivity index (χ0v) is 8.50. The molecule has 2 aromatic rings. The topological polar surface area (TPSA) is 20.2 Å². The zero-order chi connectivity index (χ0) is 10.8. The van der Waals surface area contributed by atoms with E-state index in [0.29, 0.717) is 10.6 Å². The third-order valence-corrected chi connectivity index (χ3v) is 2.44. The van der Waals surface area contributed by atoms with Gasteiger partial charge in [-0.25, -0.2) is 4.39 Å². The molecule has 2 aromatic carbocycles. The molecular formula is C12H8ClFO.